The van der Waals surface area contributed by atoms with Gasteiger partial charge in [-0.3, -0.25) is 4.98 Å². The predicted octanol–water partition coefficient (Wildman–Crippen LogP) is 3.64. The van der Waals surface area contributed by atoms with Crippen molar-refractivity contribution >= 4 is 28.5 Å². The molecule has 36 heavy (non-hydrogen) atoms. The van der Waals surface area contributed by atoms with Crippen molar-refractivity contribution in [2.24, 2.45) is 0 Å². The Kier molecular flexibility index (Phi) is 6.25. The quantitative estimate of drug-likeness (QED) is 0.361. The third-order valence-corrected chi connectivity index (χ3v) is 5.54. The second kappa shape index (κ2) is 9.66. The van der Waals surface area contributed by atoms with Crippen molar-refractivity contribution in [1.82, 2.24) is 45.1 Å². The van der Waals surface area contributed by atoms with Crippen LogP contribution in [-0.4, -0.2) is 40.5 Å². The Balaban J connectivity index is 1.24. The summed E-state index contributed by atoms with van der Waals surface area (Å²) in [6, 6.07) is 9.92. The predicted molar refractivity (Wildman–Crippen MR) is 127 cm³/mol. The van der Waals surface area contributed by atoms with E-state index in [2.05, 4.69) is 35.8 Å². The van der Waals surface area contributed by atoms with Gasteiger partial charge in [-0.15, -0.1) is 0 Å². The van der Waals surface area contributed by atoms with E-state index in [-0.39, 0.29) is 23.9 Å². The fraction of sp³-hybridized carbons (Fsp3) is 0.130. The van der Waals surface area contributed by atoms with Gasteiger partial charge in [0.25, 0.3) is 0 Å². The van der Waals surface area contributed by atoms with Crippen LogP contribution < -0.4 is 10.6 Å². The molecule has 0 unspecified atom stereocenters. The third-order valence-electron chi connectivity index (χ3n) is 5.24. The van der Waals surface area contributed by atoms with E-state index in [0.717, 1.165) is 5.39 Å². The van der Waals surface area contributed by atoms with Crippen LogP contribution in [-0.2, 0) is 13.1 Å². The molecule has 0 aliphatic carbocycles. The van der Waals surface area contributed by atoms with Gasteiger partial charge in [0, 0.05) is 17.5 Å². The van der Waals surface area contributed by atoms with Crippen LogP contribution in [0.4, 0.5) is 13.6 Å². The van der Waals surface area contributed by atoms with Crippen LogP contribution in [0.1, 0.15) is 17.5 Å². The van der Waals surface area contributed by atoms with E-state index in [4.69, 9.17) is 11.6 Å². The lowest BCUT2D eigenvalue weighted by Gasteiger charge is -2.10. The van der Waals surface area contributed by atoms with Crippen LogP contribution in [0.25, 0.3) is 22.3 Å². The number of nitrogens with zero attached hydrogens (tertiary/aromatic N) is 7. The van der Waals surface area contributed by atoms with Gasteiger partial charge in [0.1, 0.15) is 23.8 Å². The number of aryl methyl sites for hydroxylation is 1. The molecular weight excluding hydrogens is 492 g/mol. The molecular formula is C23H18ClF2N9O. The maximum atomic E-state index is 13.9. The van der Waals surface area contributed by atoms with Crippen molar-refractivity contribution in [3.8, 4) is 11.4 Å². The summed E-state index contributed by atoms with van der Waals surface area (Å²) in [4.78, 5) is 25.2. The Morgan fingerprint density at radius 3 is 2.58 bits per heavy atom. The van der Waals surface area contributed by atoms with Gasteiger partial charge < -0.3 is 10.6 Å². The number of rotatable bonds is 6. The minimum absolute atomic E-state index is 0.00383. The molecule has 3 aromatic heterocycles. The van der Waals surface area contributed by atoms with E-state index >= 15 is 0 Å². The van der Waals surface area contributed by atoms with Gasteiger partial charge in [-0.1, -0.05) is 11.6 Å². The van der Waals surface area contributed by atoms with E-state index in [1.54, 1.807) is 31.3 Å². The van der Waals surface area contributed by atoms with Gasteiger partial charge in [0.05, 0.1) is 41.2 Å². The summed E-state index contributed by atoms with van der Waals surface area (Å²) in [5.41, 5.74) is 1.56. The van der Waals surface area contributed by atoms with Crippen LogP contribution in [0.3, 0.4) is 0 Å². The Morgan fingerprint density at radius 1 is 0.972 bits per heavy atom. The zero-order valence-electron chi connectivity index (χ0n) is 18.8. The van der Waals surface area contributed by atoms with Crippen molar-refractivity contribution in [3.63, 3.8) is 0 Å². The summed E-state index contributed by atoms with van der Waals surface area (Å²) in [6.07, 6.45) is 2.91. The van der Waals surface area contributed by atoms with E-state index in [1.807, 2.05) is 0 Å². The third kappa shape index (κ3) is 4.84. The Bertz CT molecular complexity index is 1580. The smallest absolute Gasteiger partial charge is 0.315 e. The van der Waals surface area contributed by atoms with E-state index in [0.29, 0.717) is 34.4 Å². The Labute approximate surface area is 208 Å². The van der Waals surface area contributed by atoms with Crippen molar-refractivity contribution in [3.05, 3.63) is 89.1 Å². The monoisotopic (exact) mass is 509 g/mol. The van der Waals surface area contributed by atoms with Gasteiger partial charge in [0.2, 0.25) is 0 Å². The maximum absolute atomic E-state index is 13.9. The summed E-state index contributed by atoms with van der Waals surface area (Å²) < 4.78 is 30.3. The number of pyridine rings is 1. The van der Waals surface area contributed by atoms with Gasteiger partial charge in [-0.25, -0.2) is 32.9 Å². The normalized spacial score (nSPS) is 11.1. The highest BCUT2D eigenvalue weighted by Crippen LogP contribution is 2.19. The highest BCUT2D eigenvalue weighted by molar-refractivity contribution is 6.30. The van der Waals surface area contributed by atoms with Crippen molar-refractivity contribution in [1.29, 1.82) is 0 Å². The Morgan fingerprint density at radius 2 is 1.78 bits per heavy atom. The van der Waals surface area contributed by atoms with Gasteiger partial charge in [-0.2, -0.15) is 10.2 Å². The van der Waals surface area contributed by atoms with E-state index < -0.39 is 11.8 Å². The number of hydrogen-bond acceptors (Lipinski definition) is 6. The molecule has 3 heterocycles. The standard InChI is InChI=1S/C23H18ClF2N9O/c1-13-32-22(35(33-13)16-4-5-18(24)19(26)8-16)11-29-23(36)28-10-21-30-12-31-34(21)17-6-14-2-3-15(25)7-20(14)27-9-17/h2-9,12H,10-11H2,1H3,(H2,28,29,36). The molecule has 182 valence electrons. The lowest BCUT2D eigenvalue weighted by atomic mass is 10.2. The number of nitrogens with one attached hydrogen (secondary N) is 2. The van der Waals surface area contributed by atoms with Gasteiger partial charge >= 0.3 is 6.03 Å². The minimum atomic E-state index is -0.586. The number of aromatic nitrogens is 7. The second-order valence-electron chi connectivity index (χ2n) is 7.74. The topological polar surface area (TPSA) is 115 Å². The zero-order valence-corrected chi connectivity index (χ0v) is 19.5. The highest BCUT2D eigenvalue weighted by atomic mass is 35.5. The SMILES string of the molecule is Cc1nc(CNC(=O)NCc2ncnn2-c2cnc3cc(F)ccc3c2)n(-c2ccc(Cl)c(F)c2)n1. The molecule has 0 aliphatic heterocycles. The fourth-order valence-corrected chi connectivity index (χ4v) is 3.70. The first-order chi connectivity index (χ1) is 17.4. The molecule has 5 rings (SSSR count). The van der Waals surface area contributed by atoms with Crippen LogP contribution in [0.15, 0.2) is 55.0 Å². The molecule has 0 bridgehead atoms. The molecule has 5 aromatic rings. The highest BCUT2D eigenvalue weighted by Gasteiger charge is 2.14. The summed E-state index contributed by atoms with van der Waals surface area (Å²) in [7, 11) is 0. The maximum Gasteiger partial charge on any atom is 0.315 e. The lowest BCUT2D eigenvalue weighted by Crippen LogP contribution is -2.36. The number of halogens is 3. The van der Waals surface area contributed by atoms with Crippen LogP contribution >= 0.6 is 11.6 Å². The largest absolute Gasteiger partial charge is 0.331 e. The summed E-state index contributed by atoms with van der Waals surface area (Å²) in [5, 5.41) is 14.6. The van der Waals surface area contributed by atoms with E-state index in [9.17, 15) is 13.6 Å². The molecule has 0 aliphatic rings. The minimum Gasteiger partial charge on any atom is -0.331 e. The summed E-state index contributed by atoms with van der Waals surface area (Å²) in [5.74, 6) is 0.377. The molecule has 0 saturated carbocycles. The van der Waals surface area contributed by atoms with Crippen molar-refractivity contribution < 1.29 is 13.6 Å². The first-order valence-electron chi connectivity index (χ1n) is 10.7. The molecule has 2 aromatic carbocycles. The van der Waals surface area contributed by atoms with Crippen LogP contribution in [0.5, 0.6) is 0 Å². The number of hydrogen-bond donors (Lipinski definition) is 2. The molecule has 10 nitrogen and oxygen atoms in total. The molecule has 13 heteroatoms. The number of carbonyl (C=O) groups is 1. The lowest BCUT2D eigenvalue weighted by molar-refractivity contribution is 0.239. The number of carbonyl (C=O) groups excluding carboxylic acids is 1. The van der Waals surface area contributed by atoms with Gasteiger partial charge in [0.15, 0.2) is 11.6 Å². The molecule has 0 fully saturated rings. The van der Waals surface area contributed by atoms with Crippen molar-refractivity contribution in [2.75, 3.05) is 0 Å². The van der Waals surface area contributed by atoms with Crippen molar-refractivity contribution in [2.45, 2.75) is 20.0 Å². The van der Waals surface area contributed by atoms with Crippen LogP contribution in [0, 0.1) is 18.6 Å². The molecule has 0 radical (unpaired) electrons. The molecule has 0 atom stereocenters. The van der Waals surface area contributed by atoms with Gasteiger partial charge in [-0.05, 0) is 37.3 Å². The summed E-state index contributed by atoms with van der Waals surface area (Å²) >= 11 is 5.76. The first kappa shape index (κ1) is 23.3. The summed E-state index contributed by atoms with van der Waals surface area (Å²) in [6.45, 7) is 1.80. The average Bonchev–Trinajstić information content (AvgIpc) is 3.49. The molecule has 2 amide bonds. The van der Waals surface area contributed by atoms with Crippen LogP contribution in [0.2, 0.25) is 5.02 Å². The van der Waals surface area contributed by atoms with E-state index in [1.165, 1.54) is 40.0 Å². The second-order valence-corrected chi connectivity index (χ2v) is 8.15. The molecule has 2 N–H and O–H groups in total. The molecule has 0 spiro atoms. The first-order valence-corrected chi connectivity index (χ1v) is 11.1. The fourth-order valence-electron chi connectivity index (χ4n) is 3.58. The number of fused-ring (bicyclic) bond motifs is 1. The average molecular weight is 510 g/mol. The number of urea groups is 1. The number of amides is 2. The zero-order chi connectivity index (χ0) is 25.2. The number of benzene rings is 2. The Hall–Kier alpha value is -4.45. The molecule has 0 saturated heterocycles.